The first kappa shape index (κ1) is 21.8. The number of amides is 1. The van der Waals surface area contributed by atoms with Crippen molar-refractivity contribution >= 4 is 33.9 Å². The van der Waals surface area contributed by atoms with E-state index in [1.807, 2.05) is 65.5 Å². The molecule has 1 amide bonds. The molecule has 164 valence electrons. The van der Waals surface area contributed by atoms with Crippen molar-refractivity contribution in [2.75, 3.05) is 11.9 Å². The summed E-state index contributed by atoms with van der Waals surface area (Å²) in [7, 11) is 0. The van der Waals surface area contributed by atoms with Gasteiger partial charge in [0, 0.05) is 23.3 Å². The van der Waals surface area contributed by atoms with Crippen molar-refractivity contribution in [3.63, 3.8) is 0 Å². The molecule has 1 N–H and O–H groups in total. The summed E-state index contributed by atoms with van der Waals surface area (Å²) < 4.78 is 7.18. The number of carbonyl (C=O) groups excluding carboxylic acids is 2. The Hall–Kier alpha value is -3.45. The summed E-state index contributed by atoms with van der Waals surface area (Å²) in [6.07, 6.45) is 4.82. The summed E-state index contributed by atoms with van der Waals surface area (Å²) >= 11 is 1.32. The highest BCUT2D eigenvalue weighted by molar-refractivity contribution is 7.15. The first-order valence-electron chi connectivity index (χ1n) is 10.6. The molecule has 3 heterocycles. The van der Waals surface area contributed by atoms with Gasteiger partial charge in [-0.1, -0.05) is 31.2 Å². The standard InChI is InChI=1S/C25H25N3O3S/c1-4-17-6-8-18(9-7-17)20-15-32-24(23(20)25(30)31-5-2)27-22(29)13-19-14-28-11-10-16(3)12-21(28)26-19/h6-12,14-15H,4-5,13H2,1-3H3,(H,27,29). The molecule has 0 aliphatic carbocycles. The maximum Gasteiger partial charge on any atom is 0.341 e. The van der Waals surface area contributed by atoms with E-state index in [-0.39, 0.29) is 18.9 Å². The molecule has 0 spiro atoms. The molecule has 0 radical (unpaired) electrons. The number of ether oxygens (including phenoxy) is 1. The summed E-state index contributed by atoms with van der Waals surface area (Å²) in [5.41, 5.74) is 5.85. The summed E-state index contributed by atoms with van der Waals surface area (Å²) in [5, 5.41) is 5.27. The zero-order valence-corrected chi connectivity index (χ0v) is 19.2. The second-order valence-electron chi connectivity index (χ2n) is 7.55. The molecule has 0 atom stereocenters. The van der Waals surface area contributed by atoms with E-state index in [4.69, 9.17) is 4.74 Å². The maximum absolute atomic E-state index is 12.8. The van der Waals surface area contributed by atoms with Crippen molar-refractivity contribution < 1.29 is 14.3 Å². The number of benzene rings is 1. The van der Waals surface area contributed by atoms with Crippen LogP contribution in [0.2, 0.25) is 0 Å². The van der Waals surface area contributed by atoms with Crippen molar-refractivity contribution in [3.05, 3.63) is 76.6 Å². The van der Waals surface area contributed by atoms with Crippen molar-refractivity contribution in [1.82, 2.24) is 9.38 Å². The van der Waals surface area contributed by atoms with Crippen LogP contribution in [0.5, 0.6) is 0 Å². The number of hydrogen-bond acceptors (Lipinski definition) is 5. The molecule has 0 unspecified atom stereocenters. The molecule has 1 aromatic carbocycles. The third-order valence-electron chi connectivity index (χ3n) is 5.20. The zero-order valence-electron chi connectivity index (χ0n) is 18.3. The Morgan fingerprint density at radius 2 is 1.94 bits per heavy atom. The van der Waals surface area contributed by atoms with Crippen molar-refractivity contribution in [2.24, 2.45) is 0 Å². The van der Waals surface area contributed by atoms with E-state index < -0.39 is 5.97 Å². The minimum atomic E-state index is -0.443. The zero-order chi connectivity index (χ0) is 22.7. The van der Waals surface area contributed by atoms with Gasteiger partial charge in [0.25, 0.3) is 0 Å². The number of nitrogens with one attached hydrogen (secondary N) is 1. The van der Waals surface area contributed by atoms with Crippen LogP contribution in [0.15, 0.2) is 54.2 Å². The number of aryl methyl sites for hydroxylation is 2. The minimum absolute atomic E-state index is 0.113. The van der Waals surface area contributed by atoms with Gasteiger partial charge in [-0.2, -0.15) is 0 Å². The van der Waals surface area contributed by atoms with Gasteiger partial charge >= 0.3 is 5.97 Å². The number of esters is 1. The first-order chi connectivity index (χ1) is 15.5. The maximum atomic E-state index is 12.8. The highest BCUT2D eigenvalue weighted by Gasteiger charge is 2.23. The molecular weight excluding hydrogens is 422 g/mol. The fraction of sp³-hybridized carbons (Fsp3) is 0.240. The lowest BCUT2D eigenvalue weighted by Crippen LogP contribution is -2.16. The van der Waals surface area contributed by atoms with E-state index in [0.29, 0.717) is 16.3 Å². The van der Waals surface area contributed by atoms with Gasteiger partial charge in [0.05, 0.1) is 18.7 Å². The van der Waals surface area contributed by atoms with E-state index in [9.17, 15) is 9.59 Å². The number of rotatable bonds is 7. The van der Waals surface area contributed by atoms with Crippen LogP contribution < -0.4 is 5.32 Å². The molecule has 7 heteroatoms. The number of pyridine rings is 1. The Morgan fingerprint density at radius 1 is 1.16 bits per heavy atom. The summed E-state index contributed by atoms with van der Waals surface area (Å²) in [4.78, 5) is 30.1. The van der Waals surface area contributed by atoms with E-state index in [2.05, 4.69) is 17.2 Å². The molecule has 0 bridgehead atoms. The number of nitrogens with zero attached hydrogens (tertiary/aromatic N) is 2. The van der Waals surface area contributed by atoms with Crippen molar-refractivity contribution in [1.29, 1.82) is 0 Å². The predicted octanol–water partition coefficient (Wildman–Crippen LogP) is 5.29. The van der Waals surface area contributed by atoms with Gasteiger partial charge in [0.15, 0.2) is 0 Å². The summed E-state index contributed by atoms with van der Waals surface area (Å²) in [6, 6.07) is 12.0. The van der Waals surface area contributed by atoms with E-state index >= 15 is 0 Å². The molecule has 0 aliphatic heterocycles. The molecule has 0 fully saturated rings. The van der Waals surface area contributed by atoms with E-state index in [0.717, 1.165) is 28.8 Å². The lowest BCUT2D eigenvalue weighted by Gasteiger charge is -2.09. The van der Waals surface area contributed by atoms with Crippen molar-refractivity contribution in [3.8, 4) is 11.1 Å². The quantitative estimate of drug-likeness (QED) is 0.391. The Morgan fingerprint density at radius 3 is 2.66 bits per heavy atom. The van der Waals surface area contributed by atoms with Crippen LogP contribution in [-0.4, -0.2) is 27.9 Å². The summed E-state index contributed by atoms with van der Waals surface area (Å²) in [6.45, 7) is 6.13. The second-order valence-corrected chi connectivity index (χ2v) is 8.43. The molecular formula is C25H25N3O3S. The Balaban J connectivity index is 1.59. The third kappa shape index (κ3) is 4.57. The van der Waals surface area contributed by atoms with Crippen LogP contribution in [-0.2, 0) is 22.4 Å². The minimum Gasteiger partial charge on any atom is -0.462 e. The number of fused-ring (bicyclic) bond motifs is 1. The number of aromatic nitrogens is 2. The highest BCUT2D eigenvalue weighted by Crippen LogP contribution is 2.36. The van der Waals surface area contributed by atoms with Gasteiger partial charge in [0.1, 0.15) is 16.2 Å². The van der Waals surface area contributed by atoms with Gasteiger partial charge < -0.3 is 14.5 Å². The van der Waals surface area contributed by atoms with E-state index in [1.165, 1.54) is 16.9 Å². The highest BCUT2D eigenvalue weighted by atomic mass is 32.1. The average molecular weight is 448 g/mol. The van der Waals surface area contributed by atoms with Crippen LogP contribution in [0, 0.1) is 6.92 Å². The van der Waals surface area contributed by atoms with Gasteiger partial charge in [-0.05, 0) is 49.1 Å². The van der Waals surface area contributed by atoms with Crippen LogP contribution in [0.4, 0.5) is 5.00 Å². The van der Waals surface area contributed by atoms with Crippen LogP contribution >= 0.6 is 11.3 Å². The third-order valence-corrected chi connectivity index (χ3v) is 6.10. The lowest BCUT2D eigenvalue weighted by molar-refractivity contribution is -0.115. The Kier molecular flexibility index (Phi) is 6.37. The van der Waals surface area contributed by atoms with Crippen LogP contribution in [0.25, 0.3) is 16.8 Å². The Labute approximate surface area is 190 Å². The fourth-order valence-electron chi connectivity index (χ4n) is 3.55. The monoisotopic (exact) mass is 447 g/mol. The summed E-state index contributed by atoms with van der Waals surface area (Å²) in [5.74, 6) is -0.674. The van der Waals surface area contributed by atoms with Crippen molar-refractivity contribution in [2.45, 2.75) is 33.6 Å². The largest absolute Gasteiger partial charge is 0.462 e. The van der Waals surface area contributed by atoms with Crippen LogP contribution in [0.3, 0.4) is 0 Å². The van der Waals surface area contributed by atoms with Gasteiger partial charge in [-0.15, -0.1) is 11.3 Å². The smallest absolute Gasteiger partial charge is 0.341 e. The van der Waals surface area contributed by atoms with E-state index in [1.54, 1.807) is 6.92 Å². The predicted molar refractivity (Wildman–Crippen MR) is 127 cm³/mol. The molecule has 3 aromatic heterocycles. The van der Waals surface area contributed by atoms with Gasteiger partial charge in [0.2, 0.25) is 5.91 Å². The van der Waals surface area contributed by atoms with Crippen LogP contribution in [0.1, 0.15) is 41.0 Å². The lowest BCUT2D eigenvalue weighted by atomic mass is 10.0. The molecule has 4 rings (SSSR count). The average Bonchev–Trinajstić information content (AvgIpc) is 3.37. The Bertz CT molecular complexity index is 1270. The molecule has 6 nitrogen and oxygen atoms in total. The second kappa shape index (κ2) is 9.36. The fourth-order valence-corrected chi connectivity index (χ4v) is 4.52. The molecule has 0 aliphatic rings. The number of carbonyl (C=O) groups is 2. The molecule has 32 heavy (non-hydrogen) atoms. The topological polar surface area (TPSA) is 72.7 Å². The first-order valence-corrected chi connectivity index (χ1v) is 11.5. The molecule has 4 aromatic rings. The number of imidazole rings is 1. The SMILES string of the molecule is CCOC(=O)c1c(-c2ccc(CC)cc2)csc1NC(=O)Cc1cn2ccc(C)cc2n1. The molecule has 0 saturated heterocycles. The number of thiophene rings is 1. The normalized spacial score (nSPS) is 11.0. The number of hydrogen-bond donors (Lipinski definition) is 1. The van der Waals surface area contributed by atoms with Gasteiger partial charge in [-0.25, -0.2) is 9.78 Å². The number of anilines is 1. The van der Waals surface area contributed by atoms with Gasteiger partial charge in [-0.3, -0.25) is 4.79 Å². The molecule has 0 saturated carbocycles.